The number of fused-ring (bicyclic) bond motifs is 1. The molecule has 1 unspecified atom stereocenters. The van der Waals surface area contributed by atoms with Crippen molar-refractivity contribution >= 4 is 40.1 Å². The van der Waals surface area contributed by atoms with E-state index >= 15 is 0 Å². The number of aromatic nitrogens is 2. The number of carbonyl (C=O) groups excluding carboxylic acids is 1. The Morgan fingerprint density at radius 3 is 2.54 bits per heavy atom. The van der Waals surface area contributed by atoms with Crippen LogP contribution in [-0.2, 0) is 16.1 Å². The molecule has 2 heterocycles. The number of nitrogens with zero attached hydrogens (tertiary/aromatic N) is 3. The van der Waals surface area contributed by atoms with E-state index in [0.29, 0.717) is 28.0 Å². The maximum absolute atomic E-state index is 11.9. The number of amides is 1. The van der Waals surface area contributed by atoms with E-state index in [0.717, 1.165) is 53.7 Å². The van der Waals surface area contributed by atoms with Crippen molar-refractivity contribution < 1.29 is 9.53 Å². The number of ether oxygens (including phenoxy) is 1. The molecule has 1 aliphatic heterocycles. The lowest BCUT2D eigenvalue weighted by Crippen LogP contribution is -2.38. The average Bonchev–Trinajstić information content (AvgIpc) is 3.31. The number of piperidine rings is 1. The summed E-state index contributed by atoms with van der Waals surface area (Å²) in [5, 5.41) is 10.2. The first-order chi connectivity index (χ1) is 17.9. The first-order valence-electron chi connectivity index (χ1n) is 12.2. The molecule has 1 aromatic heterocycles. The number of benzene rings is 3. The number of carbonyl (C=O) groups is 1. The van der Waals surface area contributed by atoms with Gasteiger partial charge in [-0.2, -0.15) is 5.26 Å². The third-order valence-electron chi connectivity index (χ3n) is 6.95. The zero-order chi connectivity index (χ0) is 25.9. The van der Waals surface area contributed by atoms with Crippen LogP contribution in [0.5, 0.6) is 0 Å². The highest BCUT2D eigenvalue weighted by molar-refractivity contribution is 6.42. The van der Waals surface area contributed by atoms with E-state index < -0.39 is 0 Å². The van der Waals surface area contributed by atoms with Crippen LogP contribution in [0, 0.1) is 17.2 Å². The van der Waals surface area contributed by atoms with Crippen LogP contribution in [0.3, 0.4) is 0 Å². The van der Waals surface area contributed by atoms with Gasteiger partial charge in [0, 0.05) is 20.0 Å². The van der Waals surface area contributed by atoms with Gasteiger partial charge in [0.2, 0.25) is 5.91 Å². The molecule has 0 bridgehead atoms. The summed E-state index contributed by atoms with van der Waals surface area (Å²) in [6.45, 7) is 3.36. The minimum atomic E-state index is -0.158. The van der Waals surface area contributed by atoms with Crippen molar-refractivity contribution in [3.63, 3.8) is 0 Å². The Morgan fingerprint density at radius 1 is 1.11 bits per heavy atom. The van der Waals surface area contributed by atoms with Crippen molar-refractivity contribution in [3.05, 3.63) is 87.7 Å². The highest BCUT2D eigenvalue weighted by Crippen LogP contribution is 2.36. The molecule has 0 radical (unpaired) electrons. The monoisotopic (exact) mass is 532 g/mol. The number of likely N-dealkylation sites (tertiary alicyclic amines) is 1. The molecule has 1 saturated heterocycles. The highest BCUT2D eigenvalue weighted by atomic mass is 35.5. The molecule has 1 N–H and O–H groups in total. The van der Waals surface area contributed by atoms with Gasteiger partial charge in [-0.25, -0.2) is 4.98 Å². The third kappa shape index (κ3) is 5.65. The Kier molecular flexibility index (Phi) is 7.48. The number of rotatable bonds is 6. The zero-order valence-electron chi connectivity index (χ0n) is 20.4. The molecule has 0 spiro atoms. The summed E-state index contributed by atoms with van der Waals surface area (Å²) in [6.07, 6.45) is 1.57. The molecule has 8 heteroatoms. The minimum Gasteiger partial charge on any atom is -0.365 e. The number of hydrogen-bond acceptors (Lipinski definition) is 4. The smallest absolute Gasteiger partial charge is 0.219 e. The first-order valence-corrected chi connectivity index (χ1v) is 13.0. The van der Waals surface area contributed by atoms with Crippen molar-refractivity contribution in [3.8, 4) is 17.2 Å². The van der Waals surface area contributed by atoms with Crippen LogP contribution in [0.25, 0.3) is 22.2 Å². The van der Waals surface area contributed by atoms with Gasteiger partial charge in [0.05, 0.1) is 38.8 Å². The summed E-state index contributed by atoms with van der Waals surface area (Å²) in [4.78, 5) is 21.7. The quantitative estimate of drug-likeness (QED) is 0.292. The van der Waals surface area contributed by atoms with E-state index in [1.54, 1.807) is 25.1 Å². The molecule has 1 fully saturated rings. The maximum Gasteiger partial charge on any atom is 0.219 e. The Bertz CT molecular complexity index is 1430. The Hall–Kier alpha value is -3.37. The van der Waals surface area contributed by atoms with E-state index in [-0.39, 0.29) is 17.9 Å². The lowest BCUT2D eigenvalue weighted by Gasteiger charge is -2.35. The number of nitrogens with one attached hydrogen (secondary N) is 1. The van der Waals surface area contributed by atoms with Crippen LogP contribution in [-0.4, -0.2) is 33.9 Å². The molecule has 5 rings (SSSR count). The number of nitriles is 1. The van der Waals surface area contributed by atoms with E-state index in [2.05, 4.69) is 40.3 Å². The van der Waals surface area contributed by atoms with Crippen LogP contribution in [0.15, 0.2) is 60.7 Å². The van der Waals surface area contributed by atoms with Crippen molar-refractivity contribution in [2.24, 2.45) is 5.92 Å². The van der Waals surface area contributed by atoms with E-state index in [4.69, 9.17) is 27.9 Å². The van der Waals surface area contributed by atoms with Crippen molar-refractivity contribution in [2.45, 2.75) is 32.5 Å². The van der Waals surface area contributed by atoms with E-state index in [1.807, 2.05) is 23.1 Å². The van der Waals surface area contributed by atoms with Gasteiger partial charge in [0.25, 0.3) is 0 Å². The normalized spacial score (nSPS) is 15.0. The number of halogens is 2. The largest absolute Gasteiger partial charge is 0.365 e. The van der Waals surface area contributed by atoms with Crippen molar-refractivity contribution in [1.29, 1.82) is 5.26 Å². The van der Waals surface area contributed by atoms with Gasteiger partial charge in [-0.1, -0.05) is 59.6 Å². The number of H-pyrrole nitrogens is 1. The summed E-state index contributed by atoms with van der Waals surface area (Å²) >= 11 is 12.3. The van der Waals surface area contributed by atoms with Gasteiger partial charge in [-0.15, -0.1) is 0 Å². The Balaban J connectivity index is 1.38. The second-order valence-electron chi connectivity index (χ2n) is 9.36. The van der Waals surface area contributed by atoms with Gasteiger partial charge in [-0.3, -0.25) is 4.79 Å². The third-order valence-corrected chi connectivity index (χ3v) is 7.67. The molecule has 4 aromatic rings. The fourth-order valence-corrected chi connectivity index (χ4v) is 5.27. The van der Waals surface area contributed by atoms with Crippen molar-refractivity contribution in [1.82, 2.24) is 14.9 Å². The molecule has 6 nitrogen and oxygen atoms in total. The lowest BCUT2D eigenvalue weighted by atomic mass is 9.86. The average molecular weight is 533 g/mol. The van der Waals surface area contributed by atoms with Crippen molar-refractivity contribution in [2.75, 3.05) is 13.1 Å². The van der Waals surface area contributed by atoms with Gasteiger partial charge < -0.3 is 14.6 Å². The van der Waals surface area contributed by atoms with Crippen LogP contribution in [0.2, 0.25) is 10.0 Å². The summed E-state index contributed by atoms with van der Waals surface area (Å²) in [7, 11) is 0. The minimum absolute atomic E-state index is 0.111. The van der Waals surface area contributed by atoms with Crippen LogP contribution >= 0.6 is 23.2 Å². The number of hydrogen-bond donors (Lipinski definition) is 1. The predicted octanol–water partition coefficient (Wildman–Crippen LogP) is 6.92. The fraction of sp³-hybridized carbons (Fsp3) is 0.276. The molecule has 1 atom stereocenters. The second kappa shape index (κ2) is 10.9. The van der Waals surface area contributed by atoms with Crippen LogP contribution in [0.4, 0.5) is 0 Å². The number of imidazole rings is 1. The predicted molar refractivity (Wildman–Crippen MR) is 145 cm³/mol. The van der Waals surface area contributed by atoms with Crippen LogP contribution in [0.1, 0.15) is 42.8 Å². The van der Waals surface area contributed by atoms with E-state index in [1.165, 1.54) is 0 Å². The van der Waals surface area contributed by atoms with Gasteiger partial charge in [0.1, 0.15) is 12.4 Å². The molecule has 0 saturated carbocycles. The van der Waals surface area contributed by atoms with Gasteiger partial charge in [-0.05, 0) is 59.7 Å². The second-order valence-corrected chi connectivity index (χ2v) is 10.2. The number of aromatic amines is 1. The first kappa shape index (κ1) is 25.3. The summed E-state index contributed by atoms with van der Waals surface area (Å²) in [6, 6.07) is 21.6. The molecule has 3 aromatic carbocycles. The Labute approximate surface area is 225 Å². The summed E-state index contributed by atoms with van der Waals surface area (Å²) in [5.41, 5.74) is 5.29. The molecule has 37 heavy (non-hydrogen) atoms. The molecular weight excluding hydrogens is 507 g/mol. The standard InChI is InChI=1S/C29H26Cl2N4O2/c1-18(36)35-11-9-22(10-12-35)29(37-17-28-33-26-14-24(30)25(31)15-27(26)34-28)21-7-5-20(6-8-21)23-4-2-3-19(13-23)16-32/h2-8,13-15,22,29H,9-12,17H2,1H3,(H,33,34). The van der Waals surface area contributed by atoms with Crippen LogP contribution < -0.4 is 0 Å². The molecular formula is C29H26Cl2N4O2. The maximum atomic E-state index is 11.9. The highest BCUT2D eigenvalue weighted by Gasteiger charge is 2.29. The molecule has 1 amide bonds. The van der Waals surface area contributed by atoms with Gasteiger partial charge in [0.15, 0.2) is 0 Å². The lowest BCUT2D eigenvalue weighted by molar-refractivity contribution is -0.131. The summed E-state index contributed by atoms with van der Waals surface area (Å²) < 4.78 is 6.52. The summed E-state index contributed by atoms with van der Waals surface area (Å²) in [5.74, 6) is 1.07. The SMILES string of the molecule is CC(=O)N1CCC(C(OCc2nc3cc(Cl)c(Cl)cc3[nH]2)c2ccc(-c3cccc(C#N)c3)cc2)CC1. The Morgan fingerprint density at radius 2 is 1.84 bits per heavy atom. The molecule has 188 valence electrons. The molecule has 1 aliphatic rings. The topological polar surface area (TPSA) is 82.0 Å². The fourth-order valence-electron chi connectivity index (χ4n) is 4.95. The zero-order valence-corrected chi connectivity index (χ0v) is 21.9. The van der Waals surface area contributed by atoms with Gasteiger partial charge >= 0.3 is 0 Å². The molecule has 0 aliphatic carbocycles. The van der Waals surface area contributed by atoms with E-state index in [9.17, 15) is 10.1 Å².